The van der Waals surface area contributed by atoms with Crippen molar-refractivity contribution in [2.24, 2.45) is 0 Å². The van der Waals surface area contributed by atoms with Gasteiger partial charge in [0.25, 0.3) is 5.91 Å². The van der Waals surface area contributed by atoms with E-state index in [2.05, 4.69) is 5.32 Å². The van der Waals surface area contributed by atoms with Gasteiger partial charge in [-0.25, -0.2) is 4.39 Å². The highest BCUT2D eigenvalue weighted by molar-refractivity contribution is 6.08. The quantitative estimate of drug-likeness (QED) is 0.812. The average Bonchev–Trinajstić information content (AvgIpc) is 2.33. The molecule has 0 aliphatic heterocycles. The Morgan fingerprint density at radius 2 is 1.79 bits per heavy atom. The van der Waals surface area contributed by atoms with E-state index >= 15 is 0 Å². The molecule has 2 aromatic carbocycles. The van der Waals surface area contributed by atoms with Crippen molar-refractivity contribution < 1.29 is 9.18 Å². The number of para-hydroxylation sites is 1. The second kappa shape index (κ2) is 5.10. The third kappa shape index (κ3) is 2.73. The van der Waals surface area contributed by atoms with E-state index in [0.717, 1.165) is 22.9 Å². The zero-order valence-corrected chi connectivity index (χ0v) is 10.8. The summed E-state index contributed by atoms with van der Waals surface area (Å²) in [6.07, 6.45) is 0. The van der Waals surface area contributed by atoms with Gasteiger partial charge in [0.2, 0.25) is 0 Å². The van der Waals surface area contributed by atoms with Gasteiger partial charge in [0.15, 0.2) is 0 Å². The van der Waals surface area contributed by atoms with Crippen molar-refractivity contribution in [2.75, 3.05) is 11.1 Å². The third-order valence-corrected chi connectivity index (χ3v) is 2.98. The summed E-state index contributed by atoms with van der Waals surface area (Å²) in [5.74, 6) is -0.795. The molecular weight excluding hydrogens is 243 g/mol. The minimum Gasteiger partial charge on any atom is -0.398 e. The van der Waals surface area contributed by atoms with Crippen LogP contribution in [-0.4, -0.2) is 5.91 Å². The first kappa shape index (κ1) is 13.1. The van der Waals surface area contributed by atoms with Crippen molar-refractivity contribution in [3.63, 3.8) is 0 Å². The van der Waals surface area contributed by atoms with Crippen LogP contribution in [0.3, 0.4) is 0 Å². The molecule has 0 bridgehead atoms. The maximum atomic E-state index is 13.0. The Labute approximate surface area is 111 Å². The molecule has 0 saturated carbocycles. The van der Waals surface area contributed by atoms with Gasteiger partial charge in [0.05, 0.1) is 5.56 Å². The topological polar surface area (TPSA) is 55.1 Å². The number of benzene rings is 2. The first-order chi connectivity index (χ1) is 8.99. The van der Waals surface area contributed by atoms with E-state index in [-0.39, 0.29) is 17.2 Å². The molecule has 2 aromatic rings. The lowest BCUT2D eigenvalue weighted by Crippen LogP contribution is -2.15. The molecule has 0 atom stereocenters. The van der Waals surface area contributed by atoms with Gasteiger partial charge in [-0.15, -0.1) is 0 Å². The monoisotopic (exact) mass is 258 g/mol. The Morgan fingerprint density at radius 3 is 2.37 bits per heavy atom. The summed E-state index contributed by atoms with van der Waals surface area (Å²) in [5.41, 5.74) is 8.74. The second-order valence-corrected chi connectivity index (χ2v) is 4.45. The zero-order chi connectivity index (χ0) is 14.0. The molecular formula is C15H15FN2O. The Kier molecular flexibility index (Phi) is 3.51. The number of nitrogens with one attached hydrogen (secondary N) is 1. The highest BCUT2D eigenvalue weighted by Crippen LogP contribution is 2.22. The van der Waals surface area contributed by atoms with E-state index in [1.54, 1.807) is 0 Å². The van der Waals surface area contributed by atoms with Gasteiger partial charge in [0.1, 0.15) is 5.82 Å². The average molecular weight is 258 g/mol. The smallest absolute Gasteiger partial charge is 0.257 e. The molecule has 0 unspecified atom stereocenters. The van der Waals surface area contributed by atoms with Crippen LogP contribution in [0.2, 0.25) is 0 Å². The number of anilines is 2. The van der Waals surface area contributed by atoms with Crippen LogP contribution in [-0.2, 0) is 0 Å². The Hall–Kier alpha value is -2.36. The van der Waals surface area contributed by atoms with E-state index in [4.69, 9.17) is 5.73 Å². The number of amides is 1. The fourth-order valence-electron chi connectivity index (χ4n) is 1.93. The fraction of sp³-hybridized carbons (Fsp3) is 0.133. The Balaban J connectivity index is 2.31. The molecule has 0 saturated heterocycles. The number of halogens is 1. The standard InChI is InChI=1S/C15H15FN2O/c1-9-4-3-5-10(2)14(9)18-15(19)12-7-6-11(16)8-13(12)17/h3-8H,17H2,1-2H3,(H,18,19). The molecule has 0 spiro atoms. The van der Waals surface area contributed by atoms with E-state index in [1.807, 2.05) is 32.0 Å². The lowest BCUT2D eigenvalue weighted by atomic mass is 10.1. The van der Waals surface area contributed by atoms with Crippen LogP contribution in [0, 0.1) is 19.7 Å². The molecule has 98 valence electrons. The van der Waals surface area contributed by atoms with Crippen molar-refractivity contribution in [3.05, 3.63) is 58.9 Å². The van der Waals surface area contributed by atoms with Crippen LogP contribution in [0.15, 0.2) is 36.4 Å². The molecule has 0 fully saturated rings. The molecule has 0 aliphatic carbocycles. The lowest BCUT2D eigenvalue weighted by Gasteiger charge is -2.12. The number of hydrogen-bond donors (Lipinski definition) is 2. The van der Waals surface area contributed by atoms with Crippen LogP contribution < -0.4 is 11.1 Å². The number of nitrogens with two attached hydrogens (primary N) is 1. The van der Waals surface area contributed by atoms with Crippen molar-refractivity contribution in [1.82, 2.24) is 0 Å². The van der Waals surface area contributed by atoms with Gasteiger partial charge in [-0.1, -0.05) is 18.2 Å². The van der Waals surface area contributed by atoms with Gasteiger partial charge in [-0.3, -0.25) is 4.79 Å². The van der Waals surface area contributed by atoms with Crippen LogP contribution in [0.4, 0.5) is 15.8 Å². The Morgan fingerprint density at radius 1 is 1.16 bits per heavy atom. The second-order valence-electron chi connectivity index (χ2n) is 4.45. The lowest BCUT2D eigenvalue weighted by molar-refractivity contribution is 0.102. The number of rotatable bonds is 2. The minimum absolute atomic E-state index is 0.128. The van der Waals surface area contributed by atoms with Gasteiger partial charge in [0, 0.05) is 11.4 Å². The van der Waals surface area contributed by atoms with Crippen molar-refractivity contribution in [3.8, 4) is 0 Å². The van der Waals surface area contributed by atoms with Gasteiger partial charge in [-0.2, -0.15) is 0 Å². The predicted molar refractivity (Wildman–Crippen MR) is 74.7 cm³/mol. The van der Waals surface area contributed by atoms with E-state index in [1.165, 1.54) is 12.1 Å². The summed E-state index contributed by atoms with van der Waals surface area (Å²) in [4.78, 5) is 12.1. The fourth-order valence-corrected chi connectivity index (χ4v) is 1.93. The number of aryl methyl sites for hydroxylation is 2. The van der Waals surface area contributed by atoms with E-state index in [0.29, 0.717) is 0 Å². The first-order valence-electron chi connectivity index (χ1n) is 5.91. The molecule has 1 amide bonds. The summed E-state index contributed by atoms with van der Waals surface area (Å²) in [6, 6.07) is 9.49. The number of nitrogen functional groups attached to an aromatic ring is 1. The largest absolute Gasteiger partial charge is 0.398 e. The van der Waals surface area contributed by atoms with Crippen molar-refractivity contribution >= 4 is 17.3 Å². The molecule has 19 heavy (non-hydrogen) atoms. The molecule has 4 heteroatoms. The highest BCUT2D eigenvalue weighted by Gasteiger charge is 2.12. The van der Waals surface area contributed by atoms with Crippen LogP contribution in [0.1, 0.15) is 21.5 Å². The van der Waals surface area contributed by atoms with Gasteiger partial charge >= 0.3 is 0 Å². The third-order valence-electron chi connectivity index (χ3n) is 2.98. The normalized spacial score (nSPS) is 10.3. The predicted octanol–water partition coefficient (Wildman–Crippen LogP) is 3.28. The molecule has 0 heterocycles. The molecule has 2 rings (SSSR count). The van der Waals surface area contributed by atoms with Crippen LogP contribution in [0.5, 0.6) is 0 Å². The highest BCUT2D eigenvalue weighted by atomic mass is 19.1. The maximum Gasteiger partial charge on any atom is 0.257 e. The van der Waals surface area contributed by atoms with Gasteiger partial charge < -0.3 is 11.1 Å². The SMILES string of the molecule is Cc1cccc(C)c1NC(=O)c1ccc(F)cc1N. The summed E-state index contributed by atoms with van der Waals surface area (Å²) in [5, 5.41) is 2.81. The number of carbonyl (C=O) groups excluding carboxylic acids is 1. The van der Waals surface area contributed by atoms with Crippen molar-refractivity contribution in [2.45, 2.75) is 13.8 Å². The summed E-state index contributed by atoms with van der Waals surface area (Å²) >= 11 is 0. The summed E-state index contributed by atoms with van der Waals surface area (Å²) in [7, 11) is 0. The molecule has 0 aliphatic rings. The zero-order valence-electron chi connectivity index (χ0n) is 10.8. The molecule has 0 aromatic heterocycles. The summed E-state index contributed by atoms with van der Waals surface area (Å²) < 4.78 is 13.0. The minimum atomic E-state index is -0.457. The first-order valence-corrected chi connectivity index (χ1v) is 5.91. The van der Waals surface area contributed by atoms with Crippen molar-refractivity contribution in [1.29, 1.82) is 0 Å². The van der Waals surface area contributed by atoms with E-state index < -0.39 is 5.82 Å². The Bertz CT molecular complexity index is 618. The molecule has 3 nitrogen and oxygen atoms in total. The van der Waals surface area contributed by atoms with E-state index in [9.17, 15) is 9.18 Å². The number of carbonyl (C=O) groups is 1. The van der Waals surface area contributed by atoms with Crippen LogP contribution >= 0.6 is 0 Å². The van der Waals surface area contributed by atoms with Gasteiger partial charge in [-0.05, 0) is 43.2 Å². The molecule has 3 N–H and O–H groups in total. The maximum absolute atomic E-state index is 13.0. The van der Waals surface area contributed by atoms with Crippen LogP contribution in [0.25, 0.3) is 0 Å². The number of hydrogen-bond acceptors (Lipinski definition) is 2. The molecule has 0 radical (unpaired) electrons. The summed E-state index contributed by atoms with van der Waals surface area (Å²) in [6.45, 7) is 3.83.